The third-order valence-corrected chi connectivity index (χ3v) is 3.47. The van der Waals surface area contributed by atoms with Gasteiger partial charge in [0.1, 0.15) is 18.1 Å². The molecule has 2 aromatic rings. The number of nitrogens with zero attached hydrogens (tertiary/aromatic N) is 1. The van der Waals surface area contributed by atoms with Gasteiger partial charge in [-0.25, -0.2) is 4.98 Å². The Morgan fingerprint density at radius 2 is 1.92 bits per heavy atom. The topological polar surface area (TPSA) is 60.8 Å². The molecule has 0 amide bonds. The number of aliphatic hydroxyl groups is 1. The number of aromatic nitrogens is 1. The van der Waals surface area contributed by atoms with Gasteiger partial charge in [-0.05, 0) is 30.5 Å². The molecule has 0 aliphatic carbocycles. The molecule has 1 aromatic carbocycles. The molecule has 0 atom stereocenters. The summed E-state index contributed by atoms with van der Waals surface area (Å²) in [5.74, 6) is 1.00. The Labute approximate surface area is 149 Å². The number of alkyl halides is 3. The van der Waals surface area contributed by atoms with Crippen LogP contribution in [0, 0.1) is 0 Å². The molecule has 0 saturated carbocycles. The van der Waals surface area contributed by atoms with Crippen LogP contribution in [0.3, 0.4) is 0 Å². The maximum absolute atomic E-state index is 12.6. The quantitative estimate of drug-likeness (QED) is 0.679. The van der Waals surface area contributed by atoms with Crippen molar-refractivity contribution in [2.24, 2.45) is 0 Å². The van der Waals surface area contributed by atoms with Gasteiger partial charge in [0.05, 0.1) is 12.2 Å². The number of aliphatic hydroxyl groups excluding tert-OH is 1. The Hall–Kier alpha value is -2.32. The highest BCUT2D eigenvalue weighted by Gasteiger charge is 2.30. The van der Waals surface area contributed by atoms with Crippen molar-refractivity contribution >= 4 is 0 Å². The van der Waals surface area contributed by atoms with Gasteiger partial charge in [-0.2, -0.15) is 13.2 Å². The largest absolute Gasteiger partial charge is 0.491 e. The van der Waals surface area contributed by atoms with Crippen LogP contribution in [0.5, 0.6) is 17.4 Å². The number of ether oxygens (including phenoxy) is 3. The molecule has 8 heteroatoms. The molecular weight excluding hydrogens is 351 g/mol. The highest BCUT2D eigenvalue weighted by atomic mass is 19.4. The van der Waals surface area contributed by atoms with E-state index < -0.39 is 11.7 Å². The molecule has 0 spiro atoms. The van der Waals surface area contributed by atoms with Crippen molar-refractivity contribution in [2.45, 2.75) is 19.0 Å². The molecule has 0 aliphatic heterocycles. The van der Waals surface area contributed by atoms with E-state index in [9.17, 15) is 13.2 Å². The predicted octanol–water partition coefficient (Wildman–Crippen LogP) is 3.84. The lowest BCUT2D eigenvalue weighted by Gasteiger charge is -2.13. The van der Waals surface area contributed by atoms with Crippen LogP contribution in [0.2, 0.25) is 0 Å². The Kier molecular flexibility index (Phi) is 7.23. The maximum atomic E-state index is 12.6. The van der Waals surface area contributed by atoms with Crippen molar-refractivity contribution in [2.75, 3.05) is 26.9 Å². The second-order valence-electron chi connectivity index (χ2n) is 5.42. The summed E-state index contributed by atoms with van der Waals surface area (Å²) in [6.45, 7) is 0.806. The first-order valence-corrected chi connectivity index (χ1v) is 8.00. The van der Waals surface area contributed by atoms with Crippen LogP contribution in [-0.4, -0.2) is 37.0 Å². The van der Waals surface area contributed by atoms with Crippen molar-refractivity contribution in [3.8, 4) is 17.4 Å². The van der Waals surface area contributed by atoms with Crippen molar-refractivity contribution < 1.29 is 32.5 Å². The van der Waals surface area contributed by atoms with E-state index in [1.807, 2.05) is 0 Å². The van der Waals surface area contributed by atoms with Crippen LogP contribution in [-0.2, 0) is 17.3 Å². The molecule has 0 saturated heterocycles. The summed E-state index contributed by atoms with van der Waals surface area (Å²) >= 11 is 0. The Morgan fingerprint density at radius 1 is 1.12 bits per heavy atom. The minimum absolute atomic E-state index is 0.0453. The molecular formula is C18H20F3NO4. The molecule has 0 bridgehead atoms. The zero-order valence-corrected chi connectivity index (χ0v) is 14.3. The zero-order valence-electron chi connectivity index (χ0n) is 14.3. The van der Waals surface area contributed by atoms with Crippen LogP contribution in [0.25, 0.3) is 0 Å². The van der Waals surface area contributed by atoms with Crippen molar-refractivity contribution in [1.82, 2.24) is 4.98 Å². The summed E-state index contributed by atoms with van der Waals surface area (Å²) in [5, 5.41) is 8.99. The lowest BCUT2D eigenvalue weighted by atomic mass is 10.1. The fourth-order valence-electron chi connectivity index (χ4n) is 2.17. The summed E-state index contributed by atoms with van der Waals surface area (Å²) in [6.07, 6.45) is -2.51. The fraction of sp³-hybridized carbons (Fsp3) is 0.389. The molecule has 142 valence electrons. The normalized spacial score (nSPS) is 11.4. The van der Waals surface area contributed by atoms with E-state index in [2.05, 4.69) is 4.98 Å². The zero-order chi connectivity index (χ0) is 19.0. The molecule has 5 nitrogen and oxygen atoms in total. The van der Waals surface area contributed by atoms with Gasteiger partial charge in [-0.1, -0.05) is 6.07 Å². The molecule has 0 aliphatic rings. The summed E-state index contributed by atoms with van der Waals surface area (Å²) < 4.78 is 53.8. The smallest absolute Gasteiger partial charge is 0.417 e. The molecule has 0 unspecified atom stereocenters. The van der Waals surface area contributed by atoms with Gasteiger partial charge in [0.25, 0.3) is 0 Å². The van der Waals surface area contributed by atoms with E-state index >= 15 is 0 Å². The van der Waals surface area contributed by atoms with Crippen LogP contribution >= 0.6 is 0 Å². The van der Waals surface area contributed by atoms with Gasteiger partial charge >= 0.3 is 6.18 Å². The number of halogens is 3. The van der Waals surface area contributed by atoms with Gasteiger partial charge in [0.2, 0.25) is 5.88 Å². The van der Waals surface area contributed by atoms with E-state index in [-0.39, 0.29) is 12.5 Å². The van der Waals surface area contributed by atoms with E-state index in [1.165, 1.54) is 0 Å². The Balaban J connectivity index is 2.14. The number of methoxy groups -OCH3 is 1. The second kappa shape index (κ2) is 9.40. The number of benzene rings is 1. The minimum atomic E-state index is -4.44. The minimum Gasteiger partial charge on any atom is -0.491 e. The summed E-state index contributed by atoms with van der Waals surface area (Å²) in [6, 6.07) is 7.18. The van der Waals surface area contributed by atoms with Crippen molar-refractivity contribution in [3.05, 3.63) is 47.7 Å². The monoisotopic (exact) mass is 371 g/mol. The molecule has 0 radical (unpaired) electrons. The predicted molar refractivity (Wildman–Crippen MR) is 88.5 cm³/mol. The first-order valence-electron chi connectivity index (χ1n) is 8.00. The molecule has 2 rings (SSSR count). The van der Waals surface area contributed by atoms with Crippen LogP contribution < -0.4 is 9.47 Å². The molecule has 1 N–H and O–H groups in total. The lowest BCUT2D eigenvalue weighted by molar-refractivity contribution is -0.137. The van der Waals surface area contributed by atoms with Gasteiger partial charge in [0, 0.05) is 32.0 Å². The molecule has 0 fully saturated rings. The molecule has 1 aromatic heterocycles. The molecule has 26 heavy (non-hydrogen) atoms. The molecule has 1 heterocycles. The van der Waals surface area contributed by atoms with Gasteiger partial charge in [0.15, 0.2) is 0 Å². The van der Waals surface area contributed by atoms with Crippen molar-refractivity contribution in [1.29, 1.82) is 0 Å². The fourth-order valence-corrected chi connectivity index (χ4v) is 2.17. The average molecular weight is 371 g/mol. The van der Waals surface area contributed by atoms with E-state index in [1.54, 1.807) is 25.3 Å². The van der Waals surface area contributed by atoms with Gasteiger partial charge in [-0.15, -0.1) is 0 Å². The Morgan fingerprint density at radius 3 is 2.54 bits per heavy atom. The third kappa shape index (κ3) is 5.89. The number of rotatable bonds is 9. The number of pyridine rings is 1. The highest BCUT2D eigenvalue weighted by molar-refractivity contribution is 5.42. The lowest BCUT2D eigenvalue weighted by Crippen LogP contribution is -2.06. The van der Waals surface area contributed by atoms with E-state index in [0.29, 0.717) is 37.6 Å². The van der Waals surface area contributed by atoms with E-state index in [4.69, 9.17) is 19.3 Å². The third-order valence-electron chi connectivity index (χ3n) is 3.47. The first-order chi connectivity index (χ1) is 12.4. The van der Waals surface area contributed by atoms with Crippen LogP contribution in [0.15, 0.2) is 36.5 Å². The first kappa shape index (κ1) is 20.0. The highest BCUT2D eigenvalue weighted by Crippen LogP contribution is 2.31. The van der Waals surface area contributed by atoms with Crippen molar-refractivity contribution in [3.63, 3.8) is 0 Å². The summed E-state index contributed by atoms with van der Waals surface area (Å²) in [4.78, 5) is 3.68. The van der Waals surface area contributed by atoms with Gasteiger partial charge < -0.3 is 19.3 Å². The average Bonchev–Trinajstić information content (AvgIpc) is 2.61. The van der Waals surface area contributed by atoms with Gasteiger partial charge in [-0.3, -0.25) is 0 Å². The standard InChI is InChI=1S/C18H20F3NO4/c1-24-9-10-25-16-11-15(6-4-13(16)3-2-8-23)26-17-7-5-14(12-22-17)18(19,20)21/h4-7,11-12,23H,2-3,8-10H2,1H3. The van der Waals surface area contributed by atoms with Crippen LogP contribution in [0.4, 0.5) is 13.2 Å². The Bertz CT molecular complexity index is 690. The second-order valence-corrected chi connectivity index (χ2v) is 5.42. The number of hydrogen-bond donors (Lipinski definition) is 1. The SMILES string of the molecule is COCCOc1cc(Oc2ccc(C(F)(F)F)cn2)ccc1CCCO. The van der Waals surface area contributed by atoms with Crippen LogP contribution in [0.1, 0.15) is 17.5 Å². The summed E-state index contributed by atoms with van der Waals surface area (Å²) in [7, 11) is 1.56. The number of aryl methyl sites for hydroxylation is 1. The summed E-state index contributed by atoms with van der Waals surface area (Å²) in [5.41, 5.74) is 0.0515. The number of hydrogen-bond acceptors (Lipinski definition) is 5. The van der Waals surface area contributed by atoms with E-state index in [0.717, 1.165) is 23.9 Å². The maximum Gasteiger partial charge on any atom is 0.417 e.